The van der Waals surface area contributed by atoms with Crippen LogP contribution >= 0.6 is 0 Å². The van der Waals surface area contributed by atoms with E-state index < -0.39 is 12.1 Å². The van der Waals surface area contributed by atoms with Crippen LogP contribution in [0.15, 0.2) is 72.9 Å². The summed E-state index contributed by atoms with van der Waals surface area (Å²) in [5.41, 5.74) is 5.80. The number of pyridine rings is 1. The van der Waals surface area contributed by atoms with E-state index in [-0.39, 0.29) is 24.4 Å². The Morgan fingerprint density at radius 3 is 2.73 bits per heavy atom. The molecule has 6 heterocycles. The number of nitrogens with zero attached hydrogens (tertiary/aromatic N) is 7. The molecule has 3 atom stereocenters. The van der Waals surface area contributed by atoms with Gasteiger partial charge in [-0.15, -0.1) is 5.10 Å². The minimum Gasteiger partial charge on any atom is -0.356 e. The third-order valence-electron chi connectivity index (χ3n) is 8.76. The smallest absolute Gasteiger partial charge is 0.246 e. The van der Waals surface area contributed by atoms with Gasteiger partial charge in [-0.25, -0.2) is 4.52 Å². The van der Waals surface area contributed by atoms with Crippen LogP contribution in [0.2, 0.25) is 0 Å². The first-order chi connectivity index (χ1) is 19.6. The lowest BCUT2D eigenvalue weighted by Gasteiger charge is -2.48. The van der Waals surface area contributed by atoms with E-state index in [1.54, 1.807) is 9.42 Å². The van der Waals surface area contributed by atoms with Gasteiger partial charge >= 0.3 is 0 Å². The number of nitrogens with one attached hydrogen (secondary N) is 1. The van der Waals surface area contributed by atoms with Crippen molar-refractivity contribution >= 4 is 28.4 Å². The highest BCUT2D eigenvalue weighted by molar-refractivity contribution is 5.98. The van der Waals surface area contributed by atoms with Crippen LogP contribution < -0.4 is 0 Å². The third kappa shape index (κ3) is 3.63. The van der Waals surface area contributed by atoms with Crippen molar-refractivity contribution < 1.29 is 9.59 Å². The average Bonchev–Trinajstić information content (AvgIpc) is 3.72. The fourth-order valence-electron chi connectivity index (χ4n) is 6.91. The van der Waals surface area contributed by atoms with E-state index in [4.69, 9.17) is 0 Å². The van der Waals surface area contributed by atoms with Crippen molar-refractivity contribution in [3.8, 4) is 0 Å². The fraction of sp³-hybridized carbons (Fsp3) is 0.300. The number of aromatic amines is 1. The van der Waals surface area contributed by atoms with Gasteiger partial charge < -0.3 is 14.8 Å². The first-order valence-electron chi connectivity index (χ1n) is 13.8. The molecule has 2 amide bonds. The maximum Gasteiger partial charge on any atom is 0.246 e. The highest BCUT2D eigenvalue weighted by Gasteiger charge is 2.50. The van der Waals surface area contributed by atoms with Crippen LogP contribution in [0.25, 0.3) is 16.6 Å². The monoisotopic (exact) mass is 532 g/mol. The number of aromatic nitrogens is 5. The predicted octanol–water partition coefficient (Wildman–Crippen LogP) is 2.56. The van der Waals surface area contributed by atoms with Crippen molar-refractivity contribution in [3.05, 3.63) is 95.3 Å². The summed E-state index contributed by atoms with van der Waals surface area (Å²) in [5.74, 6) is 0.00724. The Balaban J connectivity index is 1.15. The average molecular weight is 533 g/mol. The third-order valence-corrected chi connectivity index (χ3v) is 8.76. The Morgan fingerprint density at radius 1 is 0.975 bits per heavy atom. The largest absolute Gasteiger partial charge is 0.356 e. The molecule has 2 fully saturated rings. The molecule has 200 valence electrons. The number of hydrogen-bond acceptors (Lipinski definition) is 6. The molecule has 3 aromatic heterocycles. The molecule has 10 heteroatoms. The topological polar surface area (TPSA) is 103 Å². The molecule has 0 bridgehead atoms. The molecule has 0 unspecified atom stereocenters. The summed E-state index contributed by atoms with van der Waals surface area (Å²) < 4.78 is 1.61. The number of likely N-dealkylation sites (tertiary alicyclic amines) is 1. The van der Waals surface area contributed by atoms with Crippen LogP contribution in [0, 0.1) is 0 Å². The van der Waals surface area contributed by atoms with E-state index in [0.717, 1.165) is 53.8 Å². The van der Waals surface area contributed by atoms with Gasteiger partial charge in [-0.05, 0) is 45.7 Å². The molecule has 0 spiro atoms. The molecule has 3 aliphatic rings. The normalized spacial score (nSPS) is 23.2. The van der Waals surface area contributed by atoms with Gasteiger partial charge in [0.05, 0.1) is 6.04 Å². The lowest BCUT2D eigenvalue weighted by molar-refractivity contribution is -0.160. The maximum absolute atomic E-state index is 14.2. The molecule has 5 aromatic rings. The maximum atomic E-state index is 14.2. The number of rotatable bonds is 4. The van der Waals surface area contributed by atoms with Gasteiger partial charge in [-0.1, -0.05) is 54.6 Å². The molecule has 8 rings (SSSR count). The fourth-order valence-corrected chi connectivity index (χ4v) is 6.91. The number of hydrogen-bond donors (Lipinski definition) is 1. The highest BCUT2D eigenvalue weighted by Crippen LogP contribution is 2.43. The first-order valence-corrected chi connectivity index (χ1v) is 13.8. The Bertz CT molecular complexity index is 1760. The van der Waals surface area contributed by atoms with Crippen LogP contribution in [0.3, 0.4) is 0 Å². The van der Waals surface area contributed by atoms with Gasteiger partial charge in [-0.3, -0.25) is 14.5 Å². The van der Waals surface area contributed by atoms with Gasteiger partial charge in [0.2, 0.25) is 11.8 Å². The molecule has 2 saturated heterocycles. The standard InChI is InChI=1S/C30H28N8O2/c39-27-18-36(21-12-13-35(17-21)15-19-6-2-1-3-7-19)30(40)25-14-23-22-8-4-5-9-24(22)31-28(23)29(38(25)27)20-10-11-26-32-33-34-37(26)16-20/h1-11,16,21,25,29,31H,12-15,17-18H2/t21-,25-,29-/m1/s1. The molecule has 0 radical (unpaired) electrons. The van der Waals surface area contributed by atoms with Crippen LogP contribution in [-0.4, -0.2) is 83.3 Å². The number of carbonyl (C=O) groups excluding carboxylic acids is 2. The molecule has 3 aliphatic heterocycles. The molecule has 40 heavy (non-hydrogen) atoms. The van der Waals surface area contributed by atoms with Crippen molar-refractivity contribution in [1.82, 2.24) is 39.7 Å². The number of H-pyrrole nitrogens is 1. The van der Waals surface area contributed by atoms with Crippen LogP contribution in [0.4, 0.5) is 0 Å². The zero-order chi connectivity index (χ0) is 26.8. The summed E-state index contributed by atoms with van der Waals surface area (Å²) in [5, 5.41) is 13.0. The SMILES string of the molecule is O=C1[C@H]2Cc3c([nH]c4ccccc34)[C@@H](c3ccc4nnnn4c3)N2C(=O)CN1[C@@H]1CCN(Cc2ccccc2)C1. The van der Waals surface area contributed by atoms with Crippen LogP contribution in [0.1, 0.15) is 34.8 Å². The second-order valence-corrected chi connectivity index (χ2v) is 11.1. The number of amides is 2. The number of para-hydroxylation sites is 1. The second-order valence-electron chi connectivity index (χ2n) is 11.1. The second kappa shape index (κ2) is 8.99. The number of tetrazole rings is 1. The van der Waals surface area contributed by atoms with Crippen molar-refractivity contribution in [2.45, 2.75) is 37.5 Å². The zero-order valence-corrected chi connectivity index (χ0v) is 21.8. The predicted molar refractivity (Wildman–Crippen MR) is 147 cm³/mol. The van der Waals surface area contributed by atoms with E-state index in [1.807, 2.05) is 47.5 Å². The molecule has 0 saturated carbocycles. The van der Waals surface area contributed by atoms with Gasteiger partial charge in [-0.2, -0.15) is 0 Å². The summed E-state index contributed by atoms with van der Waals surface area (Å²) in [6, 6.07) is 21.4. The highest BCUT2D eigenvalue weighted by atomic mass is 16.2. The Morgan fingerprint density at radius 2 is 1.82 bits per heavy atom. The minimum atomic E-state index is -0.564. The Labute approximate surface area is 230 Å². The summed E-state index contributed by atoms with van der Waals surface area (Å²) in [6.45, 7) is 2.63. The van der Waals surface area contributed by atoms with Gasteiger partial charge in [0, 0.05) is 54.9 Å². The Kier molecular flexibility index (Phi) is 5.24. The van der Waals surface area contributed by atoms with Crippen molar-refractivity contribution in [3.63, 3.8) is 0 Å². The molecule has 10 nitrogen and oxygen atoms in total. The molecule has 1 N–H and O–H groups in total. The van der Waals surface area contributed by atoms with Crippen LogP contribution in [0.5, 0.6) is 0 Å². The van der Waals surface area contributed by atoms with Gasteiger partial charge in [0.25, 0.3) is 0 Å². The van der Waals surface area contributed by atoms with Gasteiger partial charge in [0.15, 0.2) is 5.65 Å². The quantitative estimate of drug-likeness (QED) is 0.382. The number of benzene rings is 2. The summed E-state index contributed by atoms with van der Waals surface area (Å²) >= 11 is 0. The number of piperazine rings is 1. The van der Waals surface area contributed by atoms with Gasteiger partial charge in [0.1, 0.15) is 12.6 Å². The lowest BCUT2D eigenvalue weighted by atomic mass is 9.86. The van der Waals surface area contributed by atoms with Crippen molar-refractivity contribution in [2.75, 3.05) is 19.6 Å². The van der Waals surface area contributed by atoms with Crippen molar-refractivity contribution in [2.24, 2.45) is 0 Å². The summed E-state index contributed by atoms with van der Waals surface area (Å²) in [4.78, 5) is 37.9. The lowest BCUT2D eigenvalue weighted by Crippen LogP contribution is -2.65. The van der Waals surface area contributed by atoms with E-state index >= 15 is 0 Å². The molecule has 0 aliphatic carbocycles. The van der Waals surface area contributed by atoms with E-state index in [0.29, 0.717) is 12.1 Å². The summed E-state index contributed by atoms with van der Waals surface area (Å²) in [6.07, 6.45) is 3.22. The molecular formula is C30H28N8O2. The van der Waals surface area contributed by atoms with Crippen LogP contribution in [-0.2, 0) is 22.6 Å². The van der Waals surface area contributed by atoms with E-state index in [9.17, 15) is 9.59 Å². The first kappa shape index (κ1) is 23.3. The molecular weight excluding hydrogens is 504 g/mol. The van der Waals surface area contributed by atoms with E-state index in [2.05, 4.69) is 55.7 Å². The van der Waals surface area contributed by atoms with E-state index in [1.165, 1.54) is 5.56 Å². The number of carbonyl (C=O) groups is 2. The number of fused-ring (bicyclic) bond motifs is 5. The van der Waals surface area contributed by atoms with Crippen molar-refractivity contribution in [1.29, 1.82) is 0 Å². The summed E-state index contributed by atoms with van der Waals surface area (Å²) in [7, 11) is 0. The minimum absolute atomic E-state index is 0.0303. The molecule has 2 aromatic carbocycles. The Hall–Kier alpha value is -4.57. The zero-order valence-electron chi connectivity index (χ0n) is 21.8.